The van der Waals surface area contributed by atoms with E-state index in [1.807, 2.05) is 0 Å². The number of nitrogens with zero attached hydrogens (tertiary/aromatic N) is 1. The van der Waals surface area contributed by atoms with E-state index in [1.54, 1.807) is 30.3 Å². The summed E-state index contributed by atoms with van der Waals surface area (Å²) in [6.07, 6.45) is 0. The average Bonchev–Trinajstić information content (AvgIpc) is 2.57. The van der Waals surface area contributed by atoms with E-state index < -0.39 is 9.84 Å². The molecule has 0 spiro atoms. The first-order valence-electron chi connectivity index (χ1n) is 7.18. The van der Waals surface area contributed by atoms with Crippen molar-refractivity contribution in [3.05, 3.63) is 48.5 Å². The van der Waals surface area contributed by atoms with Crippen molar-refractivity contribution in [3.63, 3.8) is 0 Å². The molecule has 1 saturated heterocycles. The zero-order valence-corrected chi connectivity index (χ0v) is 12.9. The first kappa shape index (κ1) is 14.9. The van der Waals surface area contributed by atoms with Crippen LogP contribution < -0.4 is 10.2 Å². The van der Waals surface area contributed by atoms with Gasteiger partial charge in [-0.3, -0.25) is 0 Å². The Morgan fingerprint density at radius 3 is 2.36 bits per heavy atom. The molecule has 1 fully saturated rings. The molecule has 0 saturated carbocycles. The Bertz CT molecular complexity index is 754. The number of nitrogens with one attached hydrogen (secondary N) is 1. The first-order chi connectivity index (χ1) is 10.6. The van der Waals surface area contributed by atoms with Crippen molar-refractivity contribution < 1.29 is 13.5 Å². The van der Waals surface area contributed by atoms with Gasteiger partial charge in [0.2, 0.25) is 9.84 Å². The van der Waals surface area contributed by atoms with Gasteiger partial charge in [-0.05, 0) is 30.3 Å². The molecule has 0 aliphatic carbocycles. The number of phenols is 1. The molecule has 1 aliphatic rings. The largest absolute Gasteiger partial charge is 0.507 e. The second kappa shape index (κ2) is 5.98. The monoisotopic (exact) mass is 318 g/mol. The van der Waals surface area contributed by atoms with Crippen molar-refractivity contribution in [1.29, 1.82) is 0 Å². The highest BCUT2D eigenvalue weighted by Crippen LogP contribution is 2.32. The molecule has 1 aliphatic heterocycles. The van der Waals surface area contributed by atoms with Gasteiger partial charge < -0.3 is 15.3 Å². The third-order valence-electron chi connectivity index (χ3n) is 3.77. The molecule has 0 radical (unpaired) electrons. The van der Waals surface area contributed by atoms with Crippen LogP contribution in [0.3, 0.4) is 0 Å². The minimum atomic E-state index is -3.72. The molecule has 2 N–H and O–H groups in total. The number of piperazine rings is 1. The second-order valence-corrected chi connectivity index (χ2v) is 7.12. The Hall–Kier alpha value is -2.05. The van der Waals surface area contributed by atoms with Gasteiger partial charge in [0.05, 0.1) is 4.90 Å². The molecule has 5 nitrogen and oxygen atoms in total. The van der Waals surface area contributed by atoms with E-state index in [0.29, 0.717) is 0 Å². The lowest BCUT2D eigenvalue weighted by molar-refractivity contribution is 0.458. The fourth-order valence-corrected chi connectivity index (χ4v) is 3.95. The standard InChI is InChI=1S/C16H18N2O3S/c19-15-7-6-13(18-10-8-17-9-11-18)12-16(15)22(20,21)14-4-2-1-3-5-14/h1-7,12,17,19H,8-11H2. The Kier molecular flexibility index (Phi) is 4.04. The second-order valence-electron chi connectivity index (χ2n) is 5.21. The van der Waals surface area contributed by atoms with Crippen molar-refractivity contribution in [1.82, 2.24) is 5.32 Å². The van der Waals surface area contributed by atoms with E-state index >= 15 is 0 Å². The summed E-state index contributed by atoms with van der Waals surface area (Å²) >= 11 is 0. The van der Waals surface area contributed by atoms with Gasteiger partial charge in [0.1, 0.15) is 10.6 Å². The predicted octanol–water partition coefficient (Wildman–Crippen LogP) is 1.63. The molecule has 2 aromatic rings. The normalized spacial score (nSPS) is 15.7. The minimum absolute atomic E-state index is 0.0465. The third-order valence-corrected chi connectivity index (χ3v) is 5.57. The molecule has 0 unspecified atom stereocenters. The highest BCUT2D eigenvalue weighted by atomic mass is 32.2. The number of hydrogen-bond donors (Lipinski definition) is 2. The number of benzene rings is 2. The maximum absolute atomic E-state index is 12.7. The van der Waals surface area contributed by atoms with Crippen LogP contribution in [0.4, 0.5) is 5.69 Å². The van der Waals surface area contributed by atoms with E-state index in [4.69, 9.17) is 0 Å². The lowest BCUT2D eigenvalue weighted by Crippen LogP contribution is -2.43. The van der Waals surface area contributed by atoms with Crippen LogP contribution >= 0.6 is 0 Å². The Morgan fingerprint density at radius 1 is 1.00 bits per heavy atom. The van der Waals surface area contributed by atoms with Gasteiger partial charge in [0.25, 0.3) is 0 Å². The Labute approximate surface area is 130 Å². The molecule has 6 heteroatoms. The van der Waals surface area contributed by atoms with Gasteiger partial charge in [-0.2, -0.15) is 0 Å². The molecule has 2 aromatic carbocycles. The van der Waals surface area contributed by atoms with Crippen LogP contribution in [0.5, 0.6) is 5.75 Å². The predicted molar refractivity (Wildman–Crippen MR) is 85.1 cm³/mol. The van der Waals surface area contributed by atoms with Crippen LogP contribution in [0.15, 0.2) is 58.3 Å². The SMILES string of the molecule is O=S(=O)(c1ccccc1)c1cc(N2CCNCC2)ccc1O. The van der Waals surface area contributed by atoms with Crippen LogP contribution in [0.2, 0.25) is 0 Å². The summed E-state index contributed by atoms with van der Waals surface area (Å²) in [6, 6.07) is 12.9. The molecule has 22 heavy (non-hydrogen) atoms. The van der Waals surface area contributed by atoms with Crippen molar-refractivity contribution in [3.8, 4) is 5.75 Å². The molecular weight excluding hydrogens is 300 g/mol. The van der Waals surface area contributed by atoms with Gasteiger partial charge in [0.15, 0.2) is 0 Å². The van der Waals surface area contributed by atoms with E-state index in [-0.39, 0.29) is 15.5 Å². The molecular formula is C16H18N2O3S. The van der Waals surface area contributed by atoms with Gasteiger partial charge in [0, 0.05) is 31.9 Å². The van der Waals surface area contributed by atoms with Crippen molar-refractivity contribution in [2.75, 3.05) is 31.1 Å². The Morgan fingerprint density at radius 2 is 1.68 bits per heavy atom. The zero-order chi connectivity index (χ0) is 15.6. The van der Waals surface area contributed by atoms with E-state index in [1.165, 1.54) is 18.2 Å². The summed E-state index contributed by atoms with van der Waals surface area (Å²) in [5.74, 6) is -0.220. The summed E-state index contributed by atoms with van der Waals surface area (Å²) in [6.45, 7) is 3.36. The van der Waals surface area contributed by atoms with Crippen LogP contribution in [0.1, 0.15) is 0 Å². The topological polar surface area (TPSA) is 69.6 Å². The first-order valence-corrected chi connectivity index (χ1v) is 8.66. The highest BCUT2D eigenvalue weighted by Gasteiger charge is 2.23. The van der Waals surface area contributed by atoms with Crippen molar-refractivity contribution >= 4 is 15.5 Å². The fourth-order valence-electron chi connectivity index (χ4n) is 2.56. The zero-order valence-electron chi connectivity index (χ0n) is 12.1. The number of anilines is 1. The molecule has 0 atom stereocenters. The van der Waals surface area contributed by atoms with Gasteiger partial charge in [-0.25, -0.2) is 8.42 Å². The maximum atomic E-state index is 12.7. The number of sulfone groups is 1. The van der Waals surface area contributed by atoms with Gasteiger partial charge >= 0.3 is 0 Å². The maximum Gasteiger partial charge on any atom is 0.210 e. The van der Waals surface area contributed by atoms with Crippen LogP contribution in [0.25, 0.3) is 0 Å². The molecule has 0 aromatic heterocycles. The van der Waals surface area contributed by atoms with Crippen molar-refractivity contribution in [2.24, 2.45) is 0 Å². The molecule has 0 amide bonds. The minimum Gasteiger partial charge on any atom is -0.507 e. The third kappa shape index (κ3) is 2.80. The highest BCUT2D eigenvalue weighted by molar-refractivity contribution is 7.91. The van der Waals surface area contributed by atoms with Crippen LogP contribution in [-0.2, 0) is 9.84 Å². The average molecular weight is 318 g/mol. The summed E-state index contributed by atoms with van der Waals surface area (Å²) in [7, 11) is -3.72. The number of hydrogen-bond acceptors (Lipinski definition) is 5. The number of rotatable bonds is 3. The van der Waals surface area contributed by atoms with Crippen molar-refractivity contribution in [2.45, 2.75) is 9.79 Å². The summed E-state index contributed by atoms with van der Waals surface area (Å²) in [4.78, 5) is 2.25. The molecule has 1 heterocycles. The summed E-state index contributed by atoms with van der Waals surface area (Å²) < 4.78 is 25.4. The summed E-state index contributed by atoms with van der Waals surface area (Å²) in [5.41, 5.74) is 0.814. The van der Waals surface area contributed by atoms with E-state index in [9.17, 15) is 13.5 Å². The van der Waals surface area contributed by atoms with Crippen LogP contribution in [-0.4, -0.2) is 39.7 Å². The van der Waals surface area contributed by atoms with Gasteiger partial charge in [-0.1, -0.05) is 18.2 Å². The fraction of sp³-hybridized carbons (Fsp3) is 0.250. The lowest BCUT2D eigenvalue weighted by Gasteiger charge is -2.29. The number of phenolic OH excluding ortho intramolecular Hbond substituents is 1. The van der Waals surface area contributed by atoms with Crippen LogP contribution in [0, 0.1) is 0 Å². The quantitative estimate of drug-likeness (QED) is 0.900. The molecule has 3 rings (SSSR count). The molecule has 116 valence electrons. The Balaban J connectivity index is 2.03. The van der Waals surface area contributed by atoms with E-state index in [2.05, 4.69) is 10.2 Å². The van der Waals surface area contributed by atoms with E-state index in [0.717, 1.165) is 31.9 Å². The summed E-state index contributed by atoms with van der Waals surface area (Å²) in [5, 5.41) is 13.3. The van der Waals surface area contributed by atoms with Gasteiger partial charge in [-0.15, -0.1) is 0 Å². The number of aromatic hydroxyl groups is 1. The smallest absolute Gasteiger partial charge is 0.210 e. The lowest BCUT2D eigenvalue weighted by atomic mass is 10.2. The molecule has 0 bridgehead atoms.